The molecule has 0 spiro atoms. The van der Waals surface area contributed by atoms with Gasteiger partial charge in [0.05, 0.1) is 24.5 Å². The molecule has 2 aliphatic rings. The first-order chi connectivity index (χ1) is 16.6. The van der Waals surface area contributed by atoms with Crippen LogP contribution in [0.15, 0.2) is 60.9 Å². The van der Waals surface area contributed by atoms with Gasteiger partial charge >= 0.3 is 0 Å². The summed E-state index contributed by atoms with van der Waals surface area (Å²) in [6, 6.07) is 16.5. The monoisotopic (exact) mass is 456 g/mol. The lowest BCUT2D eigenvalue weighted by Crippen LogP contribution is -2.50. The molecule has 176 valence electrons. The van der Waals surface area contributed by atoms with Crippen LogP contribution in [0.25, 0.3) is 0 Å². The molecule has 1 saturated heterocycles. The summed E-state index contributed by atoms with van der Waals surface area (Å²) in [4.78, 5) is 31.9. The van der Waals surface area contributed by atoms with E-state index in [2.05, 4.69) is 58.4 Å². The fourth-order valence-electron chi connectivity index (χ4n) is 5.21. The maximum absolute atomic E-state index is 13.9. The van der Waals surface area contributed by atoms with Crippen LogP contribution in [0.2, 0.25) is 0 Å². The number of hydrogen-bond donors (Lipinski definition) is 1. The molecule has 0 radical (unpaired) electrons. The molecule has 7 heteroatoms. The van der Waals surface area contributed by atoms with Gasteiger partial charge in [-0.25, -0.2) is 9.97 Å². The van der Waals surface area contributed by atoms with Crippen LogP contribution >= 0.6 is 0 Å². The molecule has 7 nitrogen and oxygen atoms in total. The third kappa shape index (κ3) is 4.80. The summed E-state index contributed by atoms with van der Waals surface area (Å²) in [6.45, 7) is 5.09. The van der Waals surface area contributed by atoms with E-state index in [0.717, 1.165) is 42.9 Å². The summed E-state index contributed by atoms with van der Waals surface area (Å²) in [5.74, 6) is 1.03. The normalized spacial score (nSPS) is 22.8. The number of pyridine rings is 1. The maximum Gasteiger partial charge on any atom is 0.227 e. The first-order valence-corrected chi connectivity index (χ1v) is 12.1. The minimum atomic E-state index is -0.00816. The Hall–Kier alpha value is -3.32. The van der Waals surface area contributed by atoms with Gasteiger partial charge in [0.25, 0.3) is 0 Å². The lowest BCUT2D eigenvalue weighted by molar-refractivity contribution is -0.141. The summed E-state index contributed by atoms with van der Waals surface area (Å²) >= 11 is 0. The number of fused-ring (bicyclic) bond motifs is 1. The van der Waals surface area contributed by atoms with Gasteiger partial charge in [0, 0.05) is 36.8 Å². The number of nitrogens with one attached hydrogen (secondary N) is 1. The molecule has 3 aromatic rings. The van der Waals surface area contributed by atoms with Crippen molar-refractivity contribution in [1.82, 2.24) is 24.8 Å². The number of carbonyl (C=O) groups excluding carboxylic acids is 1. The van der Waals surface area contributed by atoms with Crippen molar-refractivity contribution in [2.75, 3.05) is 25.5 Å². The molecule has 4 heterocycles. The highest BCUT2D eigenvalue weighted by Gasteiger charge is 2.39. The molecule has 1 aromatic carbocycles. The number of benzene rings is 1. The van der Waals surface area contributed by atoms with E-state index in [1.807, 2.05) is 35.4 Å². The van der Waals surface area contributed by atoms with E-state index in [0.29, 0.717) is 19.0 Å². The van der Waals surface area contributed by atoms with Crippen LogP contribution in [0, 0.1) is 5.92 Å². The number of piperidine rings is 1. The molecule has 1 amide bonds. The lowest BCUT2D eigenvalue weighted by Gasteiger charge is -2.42. The minimum absolute atomic E-state index is 0.00816. The van der Waals surface area contributed by atoms with Gasteiger partial charge in [0.2, 0.25) is 11.9 Å². The van der Waals surface area contributed by atoms with Gasteiger partial charge in [0.1, 0.15) is 0 Å². The first-order valence-electron chi connectivity index (χ1n) is 12.1. The number of hydrogen-bond acceptors (Lipinski definition) is 6. The number of aromatic nitrogens is 3. The van der Waals surface area contributed by atoms with Crippen molar-refractivity contribution < 1.29 is 4.79 Å². The van der Waals surface area contributed by atoms with E-state index in [1.165, 1.54) is 5.56 Å². The quantitative estimate of drug-likeness (QED) is 0.634. The Kier molecular flexibility index (Phi) is 6.54. The van der Waals surface area contributed by atoms with E-state index in [4.69, 9.17) is 4.98 Å². The molecule has 34 heavy (non-hydrogen) atoms. The van der Waals surface area contributed by atoms with Crippen LogP contribution < -0.4 is 5.32 Å². The zero-order chi connectivity index (χ0) is 23.5. The van der Waals surface area contributed by atoms with Gasteiger partial charge in [-0.3, -0.25) is 9.78 Å². The average Bonchev–Trinajstić information content (AvgIpc) is 2.88. The zero-order valence-corrected chi connectivity index (χ0v) is 19.9. The van der Waals surface area contributed by atoms with Crippen molar-refractivity contribution in [3.8, 4) is 0 Å². The Morgan fingerprint density at radius 1 is 1.12 bits per heavy atom. The van der Waals surface area contributed by atoms with Crippen LogP contribution in [-0.4, -0.2) is 56.8 Å². The smallest absolute Gasteiger partial charge is 0.227 e. The van der Waals surface area contributed by atoms with Crippen molar-refractivity contribution in [3.05, 3.63) is 83.4 Å². The third-order valence-corrected chi connectivity index (χ3v) is 7.12. The predicted molar refractivity (Wildman–Crippen MR) is 132 cm³/mol. The van der Waals surface area contributed by atoms with Crippen LogP contribution in [0.4, 0.5) is 5.95 Å². The Balaban J connectivity index is 1.33. The minimum Gasteiger partial charge on any atom is -0.349 e. The summed E-state index contributed by atoms with van der Waals surface area (Å²) in [5, 5.41) is 3.27. The van der Waals surface area contributed by atoms with Crippen molar-refractivity contribution in [2.45, 2.75) is 44.8 Å². The molecule has 1 N–H and O–H groups in total. The SMILES string of the molecule is C[C@@H]1Cc2cnc(NCc3ccccn3)nc2CN1C(=O)[C@H]1CCN(C)C[C@@H]1c1ccccc1. The summed E-state index contributed by atoms with van der Waals surface area (Å²) in [5.41, 5.74) is 4.25. The van der Waals surface area contributed by atoms with Crippen molar-refractivity contribution >= 4 is 11.9 Å². The molecule has 5 rings (SSSR count). The van der Waals surface area contributed by atoms with Gasteiger partial charge in [-0.2, -0.15) is 0 Å². The van der Waals surface area contributed by atoms with Crippen LogP contribution in [-0.2, 0) is 24.3 Å². The standard InChI is InChI=1S/C27H32N6O/c1-19-14-21-15-29-27(30-16-22-10-6-7-12-28-22)31-25(21)18-33(19)26(34)23-11-13-32(2)17-24(23)20-8-4-3-5-9-20/h3-10,12,15,19,23-24H,11,13-14,16-18H2,1-2H3,(H,29,30,31)/t19-,23+,24-/m1/s1. The van der Waals surface area contributed by atoms with E-state index >= 15 is 0 Å². The van der Waals surface area contributed by atoms with E-state index in [-0.39, 0.29) is 23.8 Å². The number of anilines is 1. The van der Waals surface area contributed by atoms with Gasteiger partial charge in [0.15, 0.2) is 0 Å². The highest BCUT2D eigenvalue weighted by atomic mass is 16.2. The number of carbonyl (C=O) groups is 1. The molecule has 2 aromatic heterocycles. The zero-order valence-electron chi connectivity index (χ0n) is 19.9. The molecule has 0 bridgehead atoms. The second-order valence-electron chi connectivity index (χ2n) is 9.53. The number of rotatable bonds is 5. The van der Waals surface area contributed by atoms with Crippen molar-refractivity contribution in [3.63, 3.8) is 0 Å². The topological polar surface area (TPSA) is 74.2 Å². The van der Waals surface area contributed by atoms with E-state index in [1.54, 1.807) is 6.20 Å². The van der Waals surface area contributed by atoms with E-state index in [9.17, 15) is 4.79 Å². The second kappa shape index (κ2) is 9.89. The summed E-state index contributed by atoms with van der Waals surface area (Å²) in [6.07, 6.45) is 5.35. The lowest BCUT2D eigenvalue weighted by atomic mass is 9.79. The highest BCUT2D eigenvalue weighted by molar-refractivity contribution is 5.80. The predicted octanol–water partition coefficient (Wildman–Crippen LogP) is 3.49. The summed E-state index contributed by atoms with van der Waals surface area (Å²) in [7, 11) is 2.15. The fourth-order valence-corrected chi connectivity index (χ4v) is 5.21. The summed E-state index contributed by atoms with van der Waals surface area (Å²) < 4.78 is 0. The van der Waals surface area contributed by atoms with Crippen molar-refractivity contribution in [1.29, 1.82) is 0 Å². The Morgan fingerprint density at radius 3 is 2.74 bits per heavy atom. The fraction of sp³-hybridized carbons (Fsp3) is 0.407. The molecule has 0 unspecified atom stereocenters. The maximum atomic E-state index is 13.9. The number of amides is 1. The second-order valence-corrected chi connectivity index (χ2v) is 9.53. The third-order valence-electron chi connectivity index (χ3n) is 7.12. The van der Waals surface area contributed by atoms with Gasteiger partial charge in [-0.1, -0.05) is 36.4 Å². The average molecular weight is 457 g/mol. The molecular formula is C27H32N6O. The number of likely N-dealkylation sites (N-methyl/N-ethyl adjacent to an activating group) is 1. The molecule has 1 fully saturated rings. The largest absolute Gasteiger partial charge is 0.349 e. The molecule has 0 aliphatic carbocycles. The molecule has 2 aliphatic heterocycles. The van der Waals surface area contributed by atoms with Crippen molar-refractivity contribution in [2.24, 2.45) is 5.92 Å². The highest BCUT2D eigenvalue weighted by Crippen LogP contribution is 2.35. The van der Waals surface area contributed by atoms with Crippen LogP contribution in [0.1, 0.15) is 41.8 Å². The van der Waals surface area contributed by atoms with Crippen LogP contribution in [0.3, 0.4) is 0 Å². The van der Waals surface area contributed by atoms with Gasteiger partial charge in [-0.05, 0) is 56.6 Å². The van der Waals surface area contributed by atoms with E-state index < -0.39 is 0 Å². The van der Waals surface area contributed by atoms with Gasteiger partial charge < -0.3 is 15.1 Å². The Morgan fingerprint density at radius 2 is 1.94 bits per heavy atom. The molecule has 0 saturated carbocycles. The van der Waals surface area contributed by atoms with Gasteiger partial charge in [-0.15, -0.1) is 0 Å². The number of likely N-dealkylation sites (tertiary alicyclic amines) is 1. The molecular weight excluding hydrogens is 424 g/mol. The molecule has 3 atom stereocenters. The number of nitrogens with zero attached hydrogens (tertiary/aromatic N) is 5. The Labute approximate surface area is 201 Å². The van der Waals surface area contributed by atoms with Crippen LogP contribution in [0.5, 0.6) is 0 Å². The Bertz CT molecular complexity index is 1120. The first kappa shape index (κ1) is 22.5.